The first-order valence-corrected chi connectivity index (χ1v) is 13.7. The summed E-state index contributed by atoms with van der Waals surface area (Å²) in [5, 5.41) is 0.443. The Labute approximate surface area is 215 Å². The maximum Gasteiger partial charge on any atom is 0.243 e. The highest BCUT2D eigenvalue weighted by atomic mass is 79.9. The molecule has 1 atom stereocenters. The number of rotatable bonds is 6. The molecule has 0 N–H and O–H groups in total. The van der Waals surface area contributed by atoms with Gasteiger partial charge in [0.25, 0.3) is 0 Å². The Morgan fingerprint density at radius 1 is 1.03 bits per heavy atom. The van der Waals surface area contributed by atoms with Gasteiger partial charge in [0.1, 0.15) is 0 Å². The normalized spacial score (nSPS) is 15.7. The summed E-state index contributed by atoms with van der Waals surface area (Å²) in [5.41, 5.74) is 2.66. The smallest absolute Gasteiger partial charge is 0.243 e. The average molecular weight is 613 g/mol. The maximum absolute atomic E-state index is 13.5. The van der Waals surface area contributed by atoms with Gasteiger partial charge >= 0.3 is 0 Å². The third-order valence-corrected chi connectivity index (χ3v) is 8.64. The van der Waals surface area contributed by atoms with E-state index >= 15 is 0 Å². The van der Waals surface area contributed by atoms with Crippen molar-refractivity contribution in [3.8, 4) is 0 Å². The number of anilines is 1. The molecule has 0 fully saturated rings. The van der Waals surface area contributed by atoms with Crippen LogP contribution in [0.25, 0.3) is 0 Å². The zero-order valence-electron chi connectivity index (χ0n) is 17.7. The summed E-state index contributed by atoms with van der Waals surface area (Å²) in [5.74, 6) is -0.266. The summed E-state index contributed by atoms with van der Waals surface area (Å²) in [7, 11) is -3.94. The van der Waals surface area contributed by atoms with Gasteiger partial charge in [0, 0.05) is 32.2 Å². The second-order valence-electron chi connectivity index (χ2n) is 7.94. The van der Waals surface area contributed by atoms with Crippen LogP contribution in [0.3, 0.4) is 0 Å². The molecule has 5 nitrogen and oxygen atoms in total. The fraction of sp³-hybridized carbons (Fsp3) is 0.208. The number of fused-ring (bicyclic) bond motifs is 1. The minimum absolute atomic E-state index is 0.0606. The fourth-order valence-electron chi connectivity index (χ4n) is 3.98. The molecule has 1 aliphatic rings. The lowest BCUT2D eigenvalue weighted by molar-refractivity contribution is -0.119. The second-order valence-corrected chi connectivity index (χ2v) is 12.1. The fourth-order valence-corrected chi connectivity index (χ4v) is 6.16. The molecule has 1 amide bonds. The van der Waals surface area contributed by atoms with Crippen LogP contribution in [-0.4, -0.2) is 31.2 Å². The Kier molecular flexibility index (Phi) is 7.31. The number of hydrogen-bond acceptors (Lipinski definition) is 3. The average Bonchev–Trinajstić information content (AvgIpc) is 3.09. The summed E-state index contributed by atoms with van der Waals surface area (Å²) < 4.78 is 30.1. The number of sulfonamides is 1. The van der Waals surface area contributed by atoms with Crippen molar-refractivity contribution >= 4 is 65.1 Å². The van der Waals surface area contributed by atoms with E-state index in [0.717, 1.165) is 32.2 Å². The molecule has 0 unspecified atom stereocenters. The third kappa shape index (κ3) is 5.35. The summed E-state index contributed by atoms with van der Waals surface area (Å²) in [4.78, 5) is 15.3. The van der Waals surface area contributed by atoms with Crippen molar-refractivity contribution in [3.05, 3.63) is 91.8 Å². The van der Waals surface area contributed by atoms with E-state index in [4.69, 9.17) is 11.6 Å². The van der Waals surface area contributed by atoms with Crippen LogP contribution >= 0.6 is 43.5 Å². The van der Waals surface area contributed by atoms with E-state index in [1.807, 2.05) is 49.4 Å². The SMILES string of the molecule is C[C@@H]1Cc2cc(Br)ccc2N1C(=O)CN(Cc1ccc(Br)cc1)S(=O)(=O)c1ccc(Cl)cc1. The van der Waals surface area contributed by atoms with Gasteiger partial charge in [-0.2, -0.15) is 4.31 Å². The van der Waals surface area contributed by atoms with E-state index in [9.17, 15) is 13.2 Å². The molecule has 3 aromatic carbocycles. The Morgan fingerprint density at radius 2 is 1.67 bits per heavy atom. The van der Waals surface area contributed by atoms with E-state index in [2.05, 4.69) is 31.9 Å². The van der Waals surface area contributed by atoms with Gasteiger partial charge < -0.3 is 4.90 Å². The van der Waals surface area contributed by atoms with Crippen LogP contribution in [-0.2, 0) is 27.8 Å². The lowest BCUT2D eigenvalue weighted by Crippen LogP contribution is -2.44. The van der Waals surface area contributed by atoms with Gasteiger partial charge in [0.2, 0.25) is 15.9 Å². The number of benzene rings is 3. The number of carbonyl (C=O) groups is 1. The number of carbonyl (C=O) groups excluding carboxylic acids is 1. The third-order valence-electron chi connectivity index (χ3n) is 5.56. The van der Waals surface area contributed by atoms with E-state index in [-0.39, 0.29) is 29.9 Å². The highest BCUT2D eigenvalue weighted by Crippen LogP contribution is 2.34. The van der Waals surface area contributed by atoms with Crippen LogP contribution in [0.4, 0.5) is 5.69 Å². The molecule has 172 valence electrons. The van der Waals surface area contributed by atoms with Gasteiger partial charge in [-0.3, -0.25) is 4.79 Å². The minimum Gasteiger partial charge on any atom is -0.308 e. The van der Waals surface area contributed by atoms with Crippen molar-refractivity contribution in [2.24, 2.45) is 0 Å². The van der Waals surface area contributed by atoms with Crippen molar-refractivity contribution in [2.75, 3.05) is 11.4 Å². The Balaban J connectivity index is 1.67. The molecule has 3 aromatic rings. The number of halogens is 3. The van der Waals surface area contributed by atoms with Gasteiger partial charge in [0.15, 0.2) is 0 Å². The maximum atomic E-state index is 13.5. The molecule has 0 saturated carbocycles. The molecule has 0 aromatic heterocycles. The first-order valence-electron chi connectivity index (χ1n) is 10.3. The van der Waals surface area contributed by atoms with Crippen molar-refractivity contribution in [2.45, 2.75) is 30.8 Å². The Morgan fingerprint density at radius 3 is 2.33 bits per heavy atom. The van der Waals surface area contributed by atoms with Gasteiger partial charge in [-0.1, -0.05) is 55.6 Å². The molecule has 0 saturated heterocycles. The molecule has 9 heteroatoms. The van der Waals surface area contributed by atoms with E-state index in [1.54, 1.807) is 4.90 Å². The summed E-state index contributed by atoms with van der Waals surface area (Å²) in [6.45, 7) is 1.76. The van der Waals surface area contributed by atoms with Crippen LogP contribution < -0.4 is 4.90 Å². The molecule has 0 spiro atoms. The lowest BCUT2D eigenvalue weighted by Gasteiger charge is -2.27. The predicted molar refractivity (Wildman–Crippen MR) is 138 cm³/mol. The highest BCUT2D eigenvalue weighted by Gasteiger charge is 2.34. The Bertz CT molecular complexity index is 1280. The summed E-state index contributed by atoms with van der Waals surface area (Å²) >= 11 is 12.8. The molecule has 33 heavy (non-hydrogen) atoms. The first-order chi connectivity index (χ1) is 15.6. The molecular weight excluding hydrogens is 592 g/mol. The first kappa shape index (κ1) is 24.4. The van der Waals surface area contributed by atoms with E-state index < -0.39 is 10.0 Å². The molecule has 1 aliphatic heterocycles. The van der Waals surface area contributed by atoms with Crippen LogP contribution in [0.15, 0.2) is 80.6 Å². The lowest BCUT2D eigenvalue weighted by atomic mass is 10.1. The van der Waals surface area contributed by atoms with Crippen LogP contribution in [0.5, 0.6) is 0 Å². The standard InChI is InChI=1S/C24H21Br2ClN2O3S/c1-16-12-18-13-20(26)6-11-23(18)29(16)24(30)15-28(14-17-2-4-19(25)5-3-17)33(31,32)22-9-7-21(27)8-10-22/h2-11,13,16H,12,14-15H2,1H3/t16-/m1/s1. The minimum atomic E-state index is -3.94. The number of nitrogens with zero attached hydrogens (tertiary/aromatic N) is 2. The molecule has 1 heterocycles. The quantitative estimate of drug-likeness (QED) is 0.342. The molecule has 0 aliphatic carbocycles. The second kappa shape index (κ2) is 9.88. The van der Waals surface area contributed by atoms with Crippen molar-refractivity contribution in [3.63, 3.8) is 0 Å². The van der Waals surface area contributed by atoms with Crippen LogP contribution in [0.1, 0.15) is 18.1 Å². The monoisotopic (exact) mass is 610 g/mol. The Hall–Kier alpha value is -1.71. The van der Waals surface area contributed by atoms with Gasteiger partial charge in [-0.15, -0.1) is 0 Å². The van der Waals surface area contributed by atoms with Crippen molar-refractivity contribution < 1.29 is 13.2 Å². The molecule has 4 rings (SSSR count). The zero-order valence-corrected chi connectivity index (χ0v) is 22.5. The molecule has 0 radical (unpaired) electrons. The van der Waals surface area contributed by atoms with Gasteiger partial charge in [-0.05, 0) is 79.1 Å². The topological polar surface area (TPSA) is 57.7 Å². The van der Waals surface area contributed by atoms with Crippen molar-refractivity contribution in [1.82, 2.24) is 4.31 Å². The van der Waals surface area contributed by atoms with Gasteiger partial charge in [0.05, 0.1) is 11.4 Å². The van der Waals surface area contributed by atoms with Crippen molar-refractivity contribution in [1.29, 1.82) is 0 Å². The number of amides is 1. The number of hydrogen-bond donors (Lipinski definition) is 0. The van der Waals surface area contributed by atoms with Gasteiger partial charge in [-0.25, -0.2) is 8.42 Å². The highest BCUT2D eigenvalue weighted by molar-refractivity contribution is 9.10. The largest absolute Gasteiger partial charge is 0.308 e. The zero-order chi connectivity index (χ0) is 23.8. The van der Waals surface area contributed by atoms with Crippen LogP contribution in [0.2, 0.25) is 5.02 Å². The predicted octanol–water partition coefficient (Wildman–Crippen LogP) is 6.03. The summed E-state index contributed by atoms with van der Waals surface area (Å²) in [6, 6.07) is 19.1. The molecular formula is C24H21Br2ClN2O3S. The summed E-state index contributed by atoms with van der Waals surface area (Å²) in [6.07, 6.45) is 0.719. The van der Waals surface area contributed by atoms with E-state index in [1.165, 1.54) is 28.6 Å². The van der Waals surface area contributed by atoms with Crippen LogP contribution in [0, 0.1) is 0 Å². The molecule has 0 bridgehead atoms. The van der Waals surface area contributed by atoms with E-state index in [0.29, 0.717) is 5.02 Å².